The van der Waals surface area contributed by atoms with Gasteiger partial charge in [-0.3, -0.25) is 9.59 Å². The molecule has 114 valence electrons. The maximum atomic E-state index is 12.1. The van der Waals surface area contributed by atoms with Crippen LogP contribution in [0.2, 0.25) is 0 Å². The van der Waals surface area contributed by atoms with Crippen LogP contribution in [-0.2, 0) is 14.6 Å². The summed E-state index contributed by atoms with van der Waals surface area (Å²) in [6.45, 7) is 3.14. The summed E-state index contributed by atoms with van der Waals surface area (Å²) < 4.78 is 23.8. The van der Waals surface area contributed by atoms with Gasteiger partial charge in [0.25, 0.3) is 5.91 Å². The number of amides is 2. The highest BCUT2D eigenvalue weighted by atomic mass is 32.2. The first kappa shape index (κ1) is 15.5. The summed E-state index contributed by atoms with van der Waals surface area (Å²) >= 11 is 0. The molecule has 1 aliphatic rings. The molecule has 6 nitrogen and oxygen atoms in total. The maximum absolute atomic E-state index is 12.1. The molecule has 1 heterocycles. The van der Waals surface area contributed by atoms with Gasteiger partial charge in [0, 0.05) is 6.54 Å². The predicted octanol–water partition coefficient (Wildman–Crippen LogP) is 0.586. The molecule has 2 amide bonds. The van der Waals surface area contributed by atoms with Crippen LogP contribution < -0.4 is 10.2 Å². The number of fused-ring (bicyclic) bond motifs is 1. The number of nitrogens with one attached hydrogen (secondary N) is 1. The van der Waals surface area contributed by atoms with Crippen molar-refractivity contribution in [3.8, 4) is 0 Å². The Kier molecular flexibility index (Phi) is 4.32. The Balaban J connectivity index is 2.31. The summed E-state index contributed by atoms with van der Waals surface area (Å²) in [6, 6.07) is 6.69. The third kappa shape index (κ3) is 3.24. The highest BCUT2D eigenvalue weighted by molar-refractivity contribution is 7.92. The molecule has 1 aromatic rings. The van der Waals surface area contributed by atoms with Gasteiger partial charge in [0.2, 0.25) is 5.91 Å². The molecule has 2 rings (SSSR count). The molecule has 1 aromatic carbocycles. The largest absolute Gasteiger partial charge is 0.343 e. The van der Waals surface area contributed by atoms with Crippen molar-refractivity contribution in [3.05, 3.63) is 29.8 Å². The van der Waals surface area contributed by atoms with Crippen molar-refractivity contribution in [2.45, 2.75) is 19.1 Å². The molecule has 0 saturated heterocycles. The Morgan fingerprint density at radius 3 is 2.57 bits per heavy atom. The third-order valence-electron chi connectivity index (χ3n) is 3.46. The molecule has 0 spiro atoms. The molecule has 0 bridgehead atoms. The Morgan fingerprint density at radius 1 is 1.24 bits per heavy atom. The zero-order valence-electron chi connectivity index (χ0n) is 12.0. The van der Waals surface area contributed by atoms with Crippen molar-refractivity contribution in [3.63, 3.8) is 0 Å². The molecule has 1 aliphatic heterocycles. The van der Waals surface area contributed by atoms with Crippen molar-refractivity contribution in [2.75, 3.05) is 23.7 Å². The first-order chi connectivity index (χ1) is 9.83. The Labute approximate surface area is 124 Å². The second-order valence-electron chi connectivity index (χ2n) is 5.16. The molecule has 1 N–H and O–H groups in total. The van der Waals surface area contributed by atoms with E-state index < -0.39 is 15.1 Å². The Bertz CT molecular complexity index is 667. The zero-order chi connectivity index (χ0) is 15.6. The smallest absolute Gasteiger partial charge is 0.253 e. The van der Waals surface area contributed by atoms with E-state index in [1.165, 1.54) is 4.90 Å². The van der Waals surface area contributed by atoms with E-state index in [9.17, 15) is 18.0 Å². The molecule has 0 aliphatic carbocycles. The van der Waals surface area contributed by atoms with Crippen LogP contribution in [0.25, 0.3) is 0 Å². The Hall–Kier alpha value is -1.89. The minimum absolute atomic E-state index is 0.0469. The van der Waals surface area contributed by atoms with Gasteiger partial charge in [-0.25, -0.2) is 8.42 Å². The van der Waals surface area contributed by atoms with E-state index in [-0.39, 0.29) is 30.7 Å². The maximum Gasteiger partial charge on any atom is 0.253 e. The SMILES string of the molecule is CC(C)S(=O)(=O)CCN1C(=O)CNC(=O)c2ccccc21. The lowest BCUT2D eigenvalue weighted by molar-refractivity contribution is -0.117. The fraction of sp³-hybridized carbons (Fsp3) is 0.429. The standard InChI is InChI=1S/C14H18N2O4S/c1-10(2)21(19,20)8-7-16-12-6-4-3-5-11(12)14(18)15-9-13(16)17/h3-6,10H,7-9H2,1-2H3,(H,15,18). The van der Waals surface area contributed by atoms with E-state index in [2.05, 4.69) is 5.32 Å². The van der Waals surface area contributed by atoms with Gasteiger partial charge in [0.05, 0.1) is 28.8 Å². The van der Waals surface area contributed by atoms with Crippen LogP contribution in [0.5, 0.6) is 0 Å². The molecule has 0 saturated carbocycles. The number of hydrogen-bond donors (Lipinski definition) is 1. The summed E-state index contributed by atoms with van der Waals surface area (Å²) in [4.78, 5) is 25.4. The van der Waals surface area contributed by atoms with E-state index in [1.807, 2.05) is 0 Å². The van der Waals surface area contributed by atoms with Crippen molar-refractivity contribution in [2.24, 2.45) is 0 Å². The number of sulfone groups is 1. The lowest BCUT2D eigenvalue weighted by atomic mass is 10.1. The average Bonchev–Trinajstić information content (AvgIpc) is 2.55. The second-order valence-corrected chi connectivity index (χ2v) is 7.84. The third-order valence-corrected chi connectivity index (χ3v) is 5.65. The van der Waals surface area contributed by atoms with Crippen LogP contribution in [0, 0.1) is 0 Å². The summed E-state index contributed by atoms with van der Waals surface area (Å²) in [5.41, 5.74) is 0.835. The molecule has 0 fully saturated rings. The van der Waals surface area contributed by atoms with Crippen LogP contribution in [0.3, 0.4) is 0 Å². The molecule has 0 radical (unpaired) electrons. The number of nitrogens with zero attached hydrogens (tertiary/aromatic N) is 1. The molecule has 21 heavy (non-hydrogen) atoms. The van der Waals surface area contributed by atoms with Crippen LogP contribution in [0.4, 0.5) is 5.69 Å². The van der Waals surface area contributed by atoms with Gasteiger partial charge in [-0.15, -0.1) is 0 Å². The van der Waals surface area contributed by atoms with E-state index in [0.717, 1.165) is 0 Å². The zero-order valence-corrected chi connectivity index (χ0v) is 12.8. The van der Waals surface area contributed by atoms with Crippen molar-refractivity contribution in [1.29, 1.82) is 0 Å². The number of carbonyl (C=O) groups excluding carboxylic acids is 2. The Morgan fingerprint density at radius 2 is 1.90 bits per heavy atom. The fourth-order valence-electron chi connectivity index (χ4n) is 2.08. The van der Waals surface area contributed by atoms with Gasteiger partial charge < -0.3 is 10.2 Å². The lowest BCUT2D eigenvalue weighted by Crippen LogP contribution is -2.40. The van der Waals surface area contributed by atoms with E-state index >= 15 is 0 Å². The molecular weight excluding hydrogens is 292 g/mol. The van der Waals surface area contributed by atoms with Crippen LogP contribution in [-0.4, -0.2) is 44.3 Å². The molecule has 7 heteroatoms. The number of carbonyl (C=O) groups is 2. The summed E-state index contributed by atoms with van der Waals surface area (Å²) in [6.07, 6.45) is 0. The monoisotopic (exact) mass is 310 g/mol. The number of hydrogen-bond acceptors (Lipinski definition) is 4. The first-order valence-corrected chi connectivity index (χ1v) is 8.43. The highest BCUT2D eigenvalue weighted by Gasteiger charge is 2.27. The first-order valence-electron chi connectivity index (χ1n) is 6.72. The van der Waals surface area contributed by atoms with Crippen molar-refractivity contribution < 1.29 is 18.0 Å². The van der Waals surface area contributed by atoms with Gasteiger partial charge in [-0.1, -0.05) is 12.1 Å². The predicted molar refractivity (Wildman–Crippen MR) is 80.1 cm³/mol. The van der Waals surface area contributed by atoms with Crippen LogP contribution >= 0.6 is 0 Å². The van der Waals surface area contributed by atoms with E-state index in [1.54, 1.807) is 38.1 Å². The van der Waals surface area contributed by atoms with Gasteiger partial charge in [0.15, 0.2) is 9.84 Å². The van der Waals surface area contributed by atoms with Gasteiger partial charge in [0.1, 0.15) is 0 Å². The van der Waals surface area contributed by atoms with Crippen LogP contribution in [0.15, 0.2) is 24.3 Å². The molecule has 0 unspecified atom stereocenters. The minimum atomic E-state index is -3.25. The number of benzene rings is 1. The fourth-order valence-corrected chi connectivity index (χ4v) is 2.99. The summed E-state index contributed by atoms with van der Waals surface area (Å²) in [7, 11) is -3.25. The molecule has 0 aromatic heterocycles. The van der Waals surface area contributed by atoms with Gasteiger partial charge in [-0.2, -0.15) is 0 Å². The normalized spacial score (nSPS) is 15.7. The molecule has 0 atom stereocenters. The summed E-state index contributed by atoms with van der Waals surface area (Å²) in [5.74, 6) is -0.765. The highest BCUT2D eigenvalue weighted by Crippen LogP contribution is 2.22. The average molecular weight is 310 g/mol. The molecular formula is C14H18N2O4S. The number of para-hydroxylation sites is 1. The number of anilines is 1. The van der Waals surface area contributed by atoms with Gasteiger partial charge >= 0.3 is 0 Å². The lowest BCUT2D eigenvalue weighted by Gasteiger charge is -2.22. The number of rotatable bonds is 4. The van der Waals surface area contributed by atoms with Gasteiger partial charge in [-0.05, 0) is 26.0 Å². The van der Waals surface area contributed by atoms with E-state index in [0.29, 0.717) is 11.3 Å². The quantitative estimate of drug-likeness (QED) is 0.882. The van der Waals surface area contributed by atoms with Crippen molar-refractivity contribution in [1.82, 2.24) is 5.32 Å². The van der Waals surface area contributed by atoms with E-state index in [4.69, 9.17) is 0 Å². The summed E-state index contributed by atoms with van der Waals surface area (Å²) in [5, 5.41) is 2.03. The second kappa shape index (κ2) is 5.85. The topological polar surface area (TPSA) is 83.6 Å². The van der Waals surface area contributed by atoms with Crippen LogP contribution in [0.1, 0.15) is 24.2 Å². The van der Waals surface area contributed by atoms with Crippen molar-refractivity contribution >= 4 is 27.3 Å². The minimum Gasteiger partial charge on any atom is -0.343 e.